The third-order valence-electron chi connectivity index (χ3n) is 8.09. The molecule has 2 aliphatic rings. The van der Waals surface area contributed by atoms with Crippen molar-refractivity contribution in [1.82, 2.24) is 5.32 Å². The summed E-state index contributed by atoms with van der Waals surface area (Å²) in [6.07, 6.45) is 5.20. The van der Waals surface area contributed by atoms with Gasteiger partial charge in [-0.2, -0.15) is 0 Å². The van der Waals surface area contributed by atoms with Gasteiger partial charge in [0, 0.05) is 23.2 Å². The zero-order valence-electron chi connectivity index (χ0n) is 22.4. The van der Waals surface area contributed by atoms with Crippen LogP contribution in [-0.4, -0.2) is 44.4 Å². The highest BCUT2D eigenvalue weighted by molar-refractivity contribution is 6.48. The smallest absolute Gasteiger partial charge is 0.300 e. The van der Waals surface area contributed by atoms with Gasteiger partial charge in [0.05, 0.1) is 14.2 Å². The molecule has 0 radical (unpaired) electrons. The molecule has 0 bridgehead atoms. The number of ether oxygens (including phenoxy) is 2. The van der Waals surface area contributed by atoms with Crippen LogP contribution in [0.25, 0.3) is 0 Å². The number of anilines is 1. The fraction of sp³-hybridized carbons (Fsp3) is 0.344. The van der Waals surface area contributed by atoms with Crippen LogP contribution in [0.4, 0.5) is 5.69 Å². The molecule has 1 N–H and O–H groups in total. The first kappa shape index (κ1) is 26.5. The maximum atomic E-state index is 14.0. The summed E-state index contributed by atoms with van der Waals surface area (Å²) in [4.78, 5) is 42.7. The van der Waals surface area contributed by atoms with Crippen molar-refractivity contribution in [3.05, 3.63) is 89.5 Å². The van der Waals surface area contributed by atoms with Crippen LogP contribution < -0.4 is 19.7 Å². The number of carbonyl (C=O) groups excluding carboxylic acids is 3. The highest BCUT2D eigenvalue weighted by Crippen LogP contribution is 2.53. The Balaban J connectivity index is 1.44. The molecule has 3 aromatic carbocycles. The summed E-state index contributed by atoms with van der Waals surface area (Å²) in [6.45, 7) is 0.381. The van der Waals surface area contributed by atoms with Crippen LogP contribution in [0.2, 0.25) is 0 Å². The Morgan fingerprint density at radius 3 is 2.28 bits per heavy atom. The number of fused-ring (bicyclic) bond motifs is 2. The Kier molecular flexibility index (Phi) is 7.68. The van der Waals surface area contributed by atoms with E-state index in [0.717, 1.165) is 43.2 Å². The predicted molar refractivity (Wildman–Crippen MR) is 150 cm³/mol. The number of hydrogen-bond donors (Lipinski definition) is 1. The van der Waals surface area contributed by atoms with Gasteiger partial charge in [-0.15, -0.1) is 0 Å². The summed E-state index contributed by atoms with van der Waals surface area (Å²) in [6, 6.07) is 21.1. The van der Waals surface area contributed by atoms with Gasteiger partial charge in [-0.1, -0.05) is 73.9 Å². The lowest BCUT2D eigenvalue weighted by Crippen LogP contribution is -2.58. The van der Waals surface area contributed by atoms with Gasteiger partial charge >= 0.3 is 0 Å². The number of methoxy groups -OCH3 is 2. The molecule has 1 aliphatic heterocycles. The molecule has 1 spiro atoms. The molecule has 2 amide bonds. The molecule has 1 unspecified atom stereocenters. The minimum Gasteiger partial charge on any atom is -0.493 e. The average molecular weight is 527 g/mol. The summed E-state index contributed by atoms with van der Waals surface area (Å²) in [7, 11) is 3.18. The van der Waals surface area contributed by atoms with Gasteiger partial charge in [0.25, 0.3) is 11.7 Å². The molecule has 5 rings (SSSR count). The second-order valence-corrected chi connectivity index (χ2v) is 10.2. The Labute approximate surface area is 229 Å². The van der Waals surface area contributed by atoms with Crippen LogP contribution in [-0.2, 0) is 21.4 Å². The highest BCUT2D eigenvalue weighted by Gasteiger charge is 2.56. The number of amides is 2. The molecule has 3 aromatic rings. The van der Waals surface area contributed by atoms with Crippen LogP contribution in [0.3, 0.4) is 0 Å². The molecular weight excluding hydrogens is 492 g/mol. The van der Waals surface area contributed by atoms with Crippen LogP contribution in [0.1, 0.15) is 53.6 Å². The van der Waals surface area contributed by atoms with E-state index in [2.05, 4.69) is 5.32 Å². The molecule has 39 heavy (non-hydrogen) atoms. The molecule has 0 aromatic heterocycles. The summed E-state index contributed by atoms with van der Waals surface area (Å²) in [5.74, 6) is -0.240. The van der Waals surface area contributed by atoms with E-state index in [9.17, 15) is 14.4 Å². The second kappa shape index (κ2) is 11.3. The van der Waals surface area contributed by atoms with E-state index in [1.54, 1.807) is 44.6 Å². The van der Waals surface area contributed by atoms with E-state index >= 15 is 0 Å². The molecule has 1 heterocycles. The van der Waals surface area contributed by atoms with Crippen LogP contribution >= 0.6 is 0 Å². The minimum absolute atomic E-state index is 0.234. The van der Waals surface area contributed by atoms with Crippen molar-refractivity contribution in [1.29, 1.82) is 0 Å². The SMILES string of the molecule is COc1ccc(CCNC(=O)C2N(C(=O)C(=O)c3ccccc3)c3ccccc3C23CCCCC3)cc1OC. The topological polar surface area (TPSA) is 84.9 Å². The lowest BCUT2D eigenvalue weighted by molar-refractivity contribution is -0.126. The number of carbonyl (C=O) groups is 3. The van der Waals surface area contributed by atoms with Crippen molar-refractivity contribution >= 4 is 23.3 Å². The largest absolute Gasteiger partial charge is 0.493 e. The van der Waals surface area contributed by atoms with Gasteiger partial charge in [-0.05, 0) is 48.6 Å². The van der Waals surface area contributed by atoms with Gasteiger partial charge in [0.2, 0.25) is 5.91 Å². The number of Topliss-reactive ketones (excluding diaryl/α,β-unsaturated/α-hetero) is 1. The number of para-hydroxylation sites is 1. The minimum atomic E-state index is -0.791. The van der Waals surface area contributed by atoms with Gasteiger partial charge in [0.1, 0.15) is 6.04 Å². The van der Waals surface area contributed by atoms with E-state index in [1.165, 1.54) is 4.90 Å². The normalized spacial score (nSPS) is 17.4. The Hall–Kier alpha value is -4.13. The molecular formula is C32H34N2O5. The zero-order valence-corrected chi connectivity index (χ0v) is 22.4. The highest BCUT2D eigenvalue weighted by atomic mass is 16.5. The molecule has 0 saturated heterocycles. The number of nitrogens with zero attached hydrogens (tertiary/aromatic N) is 1. The lowest BCUT2D eigenvalue weighted by Gasteiger charge is -2.40. The van der Waals surface area contributed by atoms with Crippen molar-refractivity contribution in [2.45, 2.75) is 50.0 Å². The fourth-order valence-corrected chi connectivity index (χ4v) is 6.24. The van der Waals surface area contributed by atoms with Gasteiger partial charge in [0.15, 0.2) is 11.5 Å². The van der Waals surface area contributed by atoms with E-state index in [-0.39, 0.29) is 5.91 Å². The second-order valence-electron chi connectivity index (χ2n) is 10.2. The third-order valence-corrected chi connectivity index (χ3v) is 8.09. The molecule has 1 fully saturated rings. The fourth-order valence-electron chi connectivity index (χ4n) is 6.24. The predicted octanol–water partition coefficient (Wildman–Crippen LogP) is 4.86. The van der Waals surface area contributed by atoms with Gasteiger partial charge < -0.3 is 14.8 Å². The van der Waals surface area contributed by atoms with Crippen molar-refractivity contribution in [2.75, 3.05) is 25.7 Å². The van der Waals surface area contributed by atoms with E-state index in [4.69, 9.17) is 9.47 Å². The van der Waals surface area contributed by atoms with Crippen molar-refractivity contribution in [2.24, 2.45) is 0 Å². The first-order valence-electron chi connectivity index (χ1n) is 13.5. The maximum absolute atomic E-state index is 14.0. The van der Waals surface area contributed by atoms with Gasteiger partial charge in [-0.3, -0.25) is 19.3 Å². The van der Waals surface area contributed by atoms with Crippen LogP contribution in [0.5, 0.6) is 11.5 Å². The van der Waals surface area contributed by atoms with Crippen LogP contribution in [0, 0.1) is 0 Å². The molecule has 7 heteroatoms. The number of rotatable bonds is 8. The number of benzene rings is 3. The van der Waals surface area contributed by atoms with E-state index < -0.39 is 23.1 Å². The van der Waals surface area contributed by atoms with E-state index in [0.29, 0.717) is 35.7 Å². The Morgan fingerprint density at radius 1 is 0.872 bits per heavy atom. The first-order valence-corrected chi connectivity index (χ1v) is 13.5. The monoisotopic (exact) mass is 526 g/mol. The zero-order chi connectivity index (χ0) is 27.4. The van der Waals surface area contributed by atoms with E-state index in [1.807, 2.05) is 42.5 Å². The number of ketones is 1. The Bertz CT molecular complexity index is 1360. The standard InChI is InChI=1S/C32H34N2O5/c1-38-26-16-15-22(21-27(26)39-2)17-20-33-30(36)29-32(18-9-4-10-19-32)24-13-7-8-14-25(24)34(29)31(37)28(35)23-11-5-3-6-12-23/h3,5-8,11-16,21,29H,4,9-10,17-20H2,1-2H3,(H,33,36). The molecule has 1 atom stereocenters. The van der Waals surface area contributed by atoms with Crippen molar-refractivity contribution in [3.63, 3.8) is 0 Å². The third kappa shape index (κ3) is 4.89. The number of hydrogen-bond acceptors (Lipinski definition) is 5. The average Bonchev–Trinajstić information content (AvgIpc) is 3.26. The quantitative estimate of drug-likeness (QED) is 0.335. The molecule has 1 saturated carbocycles. The summed E-state index contributed by atoms with van der Waals surface area (Å²) < 4.78 is 10.7. The summed E-state index contributed by atoms with van der Waals surface area (Å²) >= 11 is 0. The Morgan fingerprint density at radius 2 is 1.56 bits per heavy atom. The number of nitrogens with one attached hydrogen (secondary N) is 1. The molecule has 7 nitrogen and oxygen atoms in total. The molecule has 1 aliphatic carbocycles. The van der Waals surface area contributed by atoms with Crippen molar-refractivity contribution < 1.29 is 23.9 Å². The van der Waals surface area contributed by atoms with Gasteiger partial charge in [-0.25, -0.2) is 0 Å². The first-order chi connectivity index (χ1) is 19.0. The summed E-state index contributed by atoms with van der Waals surface area (Å²) in [5.41, 5.74) is 2.43. The lowest BCUT2D eigenvalue weighted by atomic mass is 9.66. The summed E-state index contributed by atoms with van der Waals surface area (Å²) in [5, 5.41) is 3.09. The maximum Gasteiger partial charge on any atom is 0.300 e. The van der Waals surface area contributed by atoms with Crippen molar-refractivity contribution in [3.8, 4) is 11.5 Å². The van der Waals surface area contributed by atoms with Crippen LogP contribution in [0.15, 0.2) is 72.8 Å². The molecule has 202 valence electrons.